The summed E-state index contributed by atoms with van der Waals surface area (Å²) in [6.45, 7) is 4.65. The lowest BCUT2D eigenvalue weighted by molar-refractivity contribution is -0.119. The highest BCUT2D eigenvalue weighted by Gasteiger charge is 2.45. The number of Topliss-reactive ketones (excluding diaryl/α,β-unsaturated/α-hetero) is 1. The van der Waals surface area contributed by atoms with Crippen molar-refractivity contribution < 1.29 is 9.59 Å². The normalized spacial score (nSPS) is 24.9. The standard InChI is InChI=1S/C19H18N2O2/c1-19(2)8-13-14(10-20)18(23)21-7-6-11-4-3-5-12(17(11)21)16(13)15(22)9-19/h3-5,14H,6-9H2,1-2H3. The van der Waals surface area contributed by atoms with Gasteiger partial charge < -0.3 is 4.90 Å². The zero-order chi connectivity index (χ0) is 16.4. The second kappa shape index (κ2) is 4.55. The van der Waals surface area contributed by atoms with Gasteiger partial charge in [0, 0.05) is 24.1 Å². The van der Waals surface area contributed by atoms with E-state index in [1.165, 1.54) is 0 Å². The minimum absolute atomic E-state index is 0.0615. The molecule has 0 N–H and O–H groups in total. The summed E-state index contributed by atoms with van der Waals surface area (Å²) in [5, 5.41) is 9.65. The van der Waals surface area contributed by atoms with Crippen LogP contribution in [0.2, 0.25) is 0 Å². The van der Waals surface area contributed by atoms with Crippen molar-refractivity contribution in [3.63, 3.8) is 0 Å². The first kappa shape index (κ1) is 14.2. The van der Waals surface area contributed by atoms with Crippen LogP contribution in [-0.2, 0) is 16.0 Å². The maximum atomic E-state index is 12.9. The molecule has 0 aromatic heterocycles. The number of allylic oxidation sites excluding steroid dienone is 1. The van der Waals surface area contributed by atoms with Gasteiger partial charge in [-0.3, -0.25) is 9.59 Å². The summed E-state index contributed by atoms with van der Waals surface area (Å²) in [6, 6.07) is 8.06. The Labute approximate surface area is 135 Å². The van der Waals surface area contributed by atoms with Crippen LogP contribution in [0.1, 0.15) is 37.8 Å². The number of para-hydroxylation sites is 1. The van der Waals surface area contributed by atoms with Crippen LogP contribution in [-0.4, -0.2) is 18.2 Å². The van der Waals surface area contributed by atoms with Crippen molar-refractivity contribution in [3.05, 3.63) is 34.9 Å². The zero-order valence-corrected chi connectivity index (χ0v) is 13.3. The molecule has 4 rings (SSSR count). The van der Waals surface area contributed by atoms with Gasteiger partial charge in [0.15, 0.2) is 5.78 Å². The van der Waals surface area contributed by atoms with Gasteiger partial charge in [-0.1, -0.05) is 32.0 Å². The molecule has 2 aliphatic heterocycles. The van der Waals surface area contributed by atoms with Gasteiger partial charge in [0.05, 0.1) is 11.8 Å². The number of carbonyl (C=O) groups is 2. The van der Waals surface area contributed by atoms with Crippen molar-refractivity contribution in [1.29, 1.82) is 5.26 Å². The number of anilines is 1. The summed E-state index contributed by atoms with van der Waals surface area (Å²) < 4.78 is 0. The molecule has 0 saturated carbocycles. The zero-order valence-electron chi connectivity index (χ0n) is 13.3. The topological polar surface area (TPSA) is 61.2 Å². The number of carbonyl (C=O) groups excluding carboxylic acids is 2. The van der Waals surface area contributed by atoms with Gasteiger partial charge in [0.1, 0.15) is 5.92 Å². The van der Waals surface area contributed by atoms with Crippen molar-refractivity contribution in [1.82, 2.24) is 0 Å². The monoisotopic (exact) mass is 306 g/mol. The van der Waals surface area contributed by atoms with Crippen LogP contribution in [0.5, 0.6) is 0 Å². The van der Waals surface area contributed by atoms with Crippen LogP contribution < -0.4 is 4.90 Å². The molecular formula is C19H18N2O2. The van der Waals surface area contributed by atoms with E-state index in [1.807, 2.05) is 32.0 Å². The lowest BCUT2D eigenvalue weighted by Gasteiger charge is -2.32. The molecule has 0 spiro atoms. The Balaban J connectivity index is 2.05. The quantitative estimate of drug-likeness (QED) is 0.740. The first-order chi connectivity index (χ1) is 10.9. The smallest absolute Gasteiger partial charge is 0.248 e. The van der Waals surface area contributed by atoms with Crippen LogP contribution in [0.15, 0.2) is 23.8 Å². The van der Waals surface area contributed by atoms with E-state index in [-0.39, 0.29) is 17.1 Å². The number of rotatable bonds is 0. The fourth-order valence-electron chi connectivity index (χ4n) is 4.25. The molecule has 1 amide bonds. The summed E-state index contributed by atoms with van der Waals surface area (Å²) in [4.78, 5) is 27.5. The van der Waals surface area contributed by atoms with Crippen molar-refractivity contribution in [2.45, 2.75) is 33.1 Å². The van der Waals surface area contributed by atoms with Crippen LogP contribution in [0.25, 0.3) is 5.57 Å². The molecule has 0 radical (unpaired) electrons. The molecule has 2 heterocycles. The third-order valence-electron chi connectivity index (χ3n) is 5.16. The summed E-state index contributed by atoms with van der Waals surface area (Å²) in [6.07, 6.45) is 1.87. The van der Waals surface area contributed by atoms with Gasteiger partial charge in [-0.15, -0.1) is 0 Å². The molecule has 23 heavy (non-hydrogen) atoms. The first-order valence-corrected chi connectivity index (χ1v) is 8.02. The Hall–Kier alpha value is -2.41. The van der Waals surface area contributed by atoms with E-state index >= 15 is 0 Å². The van der Waals surface area contributed by atoms with E-state index < -0.39 is 5.92 Å². The summed E-state index contributed by atoms with van der Waals surface area (Å²) in [5.41, 5.74) is 3.95. The van der Waals surface area contributed by atoms with E-state index in [4.69, 9.17) is 0 Å². The molecule has 1 atom stereocenters. The van der Waals surface area contributed by atoms with E-state index in [9.17, 15) is 14.9 Å². The second-order valence-corrected chi connectivity index (χ2v) is 7.46. The van der Waals surface area contributed by atoms with Crippen molar-refractivity contribution in [3.8, 4) is 6.07 Å². The molecule has 1 aliphatic carbocycles. The fraction of sp³-hybridized carbons (Fsp3) is 0.421. The molecule has 0 bridgehead atoms. The summed E-state index contributed by atoms with van der Waals surface area (Å²) >= 11 is 0. The van der Waals surface area contributed by atoms with Crippen molar-refractivity contribution in [2.24, 2.45) is 11.3 Å². The predicted molar refractivity (Wildman–Crippen MR) is 86.5 cm³/mol. The molecule has 116 valence electrons. The molecule has 0 saturated heterocycles. The molecule has 1 unspecified atom stereocenters. The van der Waals surface area contributed by atoms with Crippen LogP contribution in [0.4, 0.5) is 5.69 Å². The van der Waals surface area contributed by atoms with Crippen molar-refractivity contribution in [2.75, 3.05) is 11.4 Å². The second-order valence-electron chi connectivity index (χ2n) is 7.46. The Morgan fingerprint density at radius 2 is 2.04 bits per heavy atom. The molecule has 1 aromatic rings. The maximum Gasteiger partial charge on any atom is 0.248 e. The van der Waals surface area contributed by atoms with Crippen LogP contribution in [0.3, 0.4) is 0 Å². The Kier molecular flexibility index (Phi) is 2.81. The van der Waals surface area contributed by atoms with E-state index in [1.54, 1.807) is 4.90 Å². The number of amides is 1. The van der Waals surface area contributed by atoms with Gasteiger partial charge in [-0.25, -0.2) is 0 Å². The number of ketones is 1. The molecule has 1 aromatic carbocycles. The largest absolute Gasteiger partial charge is 0.310 e. The van der Waals surface area contributed by atoms with Gasteiger partial charge in [0.25, 0.3) is 0 Å². The lowest BCUT2D eigenvalue weighted by atomic mass is 9.69. The Bertz CT molecular complexity index is 826. The third kappa shape index (κ3) is 1.89. The third-order valence-corrected chi connectivity index (χ3v) is 5.16. The number of nitrogens with zero attached hydrogens (tertiary/aromatic N) is 2. The van der Waals surface area contributed by atoms with Gasteiger partial charge in [-0.05, 0) is 29.4 Å². The van der Waals surface area contributed by atoms with Gasteiger partial charge in [0.2, 0.25) is 5.91 Å². The van der Waals surface area contributed by atoms with Gasteiger partial charge in [-0.2, -0.15) is 5.26 Å². The molecule has 0 fully saturated rings. The summed E-state index contributed by atoms with van der Waals surface area (Å²) in [7, 11) is 0. The number of nitriles is 1. The molecular weight excluding hydrogens is 288 g/mol. The van der Waals surface area contributed by atoms with E-state index in [2.05, 4.69) is 6.07 Å². The van der Waals surface area contributed by atoms with Crippen LogP contribution in [0, 0.1) is 22.7 Å². The van der Waals surface area contributed by atoms with E-state index in [0.29, 0.717) is 25.0 Å². The highest BCUT2D eigenvalue weighted by atomic mass is 16.2. The van der Waals surface area contributed by atoms with Crippen LogP contribution >= 0.6 is 0 Å². The molecule has 4 nitrogen and oxygen atoms in total. The SMILES string of the molecule is CC1(C)CC(=O)C2=C(C1)C(C#N)C(=O)N1CCc3cccc2c31. The van der Waals surface area contributed by atoms with Crippen molar-refractivity contribution >= 4 is 23.0 Å². The minimum atomic E-state index is -0.841. The predicted octanol–water partition coefficient (Wildman–Crippen LogP) is 2.87. The highest BCUT2D eigenvalue weighted by Crippen LogP contribution is 2.49. The molecule has 4 heteroatoms. The number of hydrogen-bond acceptors (Lipinski definition) is 3. The fourth-order valence-corrected chi connectivity index (χ4v) is 4.25. The number of fused-ring (bicyclic) bond motifs is 1. The average Bonchev–Trinajstić information content (AvgIpc) is 2.86. The van der Waals surface area contributed by atoms with E-state index in [0.717, 1.165) is 28.8 Å². The minimum Gasteiger partial charge on any atom is -0.310 e. The number of hydrogen-bond donors (Lipinski definition) is 0. The molecule has 3 aliphatic rings. The average molecular weight is 306 g/mol. The number of benzene rings is 1. The Morgan fingerprint density at radius 1 is 1.26 bits per heavy atom. The first-order valence-electron chi connectivity index (χ1n) is 8.02. The maximum absolute atomic E-state index is 12.9. The summed E-state index contributed by atoms with van der Waals surface area (Å²) in [5.74, 6) is -0.951. The van der Waals surface area contributed by atoms with Gasteiger partial charge >= 0.3 is 0 Å². The Morgan fingerprint density at radius 3 is 2.78 bits per heavy atom. The highest BCUT2D eigenvalue weighted by molar-refractivity contribution is 6.27. The lowest BCUT2D eigenvalue weighted by Crippen LogP contribution is -2.36.